The molecular formula is C14H14N2O5S2. The lowest BCUT2D eigenvalue weighted by atomic mass is 9.99. The maximum Gasteiger partial charge on any atom is 0.352 e. The van der Waals surface area contributed by atoms with Gasteiger partial charge in [0.25, 0.3) is 11.6 Å². The zero-order chi connectivity index (χ0) is 16.6. The molecule has 0 aliphatic carbocycles. The lowest BCUT2D eigenvalue weighted by Crippen LogP contribution is -2.80. The Hall–Kier alpha value is -1.84. The minimum atomic E-state index is -1.51. The van der Waals surface area contributed by atoms with Gasteiger partial charge in [0.05, 0.1) is 6.42 Å². The Morgan fingerprint density at radius 3 is 2.96 bits per heavy atom. The van der Waals surface area contributed by atoms with Crippen LogP contribution < -0.4 is 5.32 Å². The van der Waals surface area contributed by atoms with E-state index in [0.29, 0.717) is 5.75 Å². The maximum absolute atomic E-state index is 12.5. The highest BCUT2D eigenvalue weighted by Gasteiger charge is 2.65. The monoisotopic (exact) mass is 354 g/mol. The number of β-lactam (4-membered cyclic amide) rings is 1. The van der Waals surface area contributed by atoms with Crippen molar-refractivity contribution in [2.45, 2.75) is 17.5 Å². The van der Waals surface area contributed by atoms with Crippen LogP contribution in [0.25, 0.3) is 0 Å². The molecule has 1 saturated heterocycles. The van der Waals surface area contributed by atoms with E-state index in [0.717, 1.165) is 9.78 Å². The number of rotatable bonds is 5. The van der Waals surface area contributed by atoms with E-state index in [2.05, 4.69) is 5.32 Å². The molecule has 1 aromatic heterocycles. The van der Waals surface area contributed by atoms with Crippen LogP contribution in [0.5, 0.6) is 0 Å². The fraction of sp³-hybridized carbons (Fsp3) is 0.357. The standard InChI is InChI=1S/C14H14N2O5S2/c1-21-14(15-10(17)7-8-3-2-5-22-8)12(20)16-9(11(18)19)4-6-23-13(14)16/h2-5,13H,6-7H2,1H3,(H,15,17)(H,18,19)/t13-,14?/m1/s1. The van der Waals surface area contributed by atoms with Crippen LogP contribution in [-0.2, 0) is 25.5 Å². The summed E-state index contributed by atoms with van der Waals surface area (Å²) in [6.45, 7) is 0. The van der Waals surface area contributed by atoms with Gasteiger partial charge in [-0.25, -0.2) is 4.79 Å². The quantitative estimate of drug-likeness (QED) is 0.595. The number of fused-ring (bicyclic) bond motifs is 1. The van der Waals surface area contributed by atoms with Gasteiger partial charge in [-0.2, -0.15) is 0 Å². The van der Waals surface area contributed by atoms with Crippen LogP contribution >= 0.6 is 23.1 Å². The van der Waals surface area contributed by atoms with Crippen molar-refractivity contribution < 1.29 is 24.2 Å². The number of nitrogens with zero attached hydrogens (tertiary/aromatic N) is 1. The normalized spacial score (nSPS) is 26.1. The van der Waals surface area contributed by atoms with Crippen molar-refractivity contribution >= 4 is 40.9 Å². The van der Waals surface area contributed by atoms with Crippen molar-refractivity contribution in [2.75, 3.05) is 12.9 Å². The van der Waals surface area contributed by atoms with Gasteiger partial charge in [-0.15, -0.1) is 23.1 Å². The third kappa shape index (κ3) is 2.54. The molecule has 0 saturated carbocycles. The van der Waals surface area contributed by atoms with E-state index in [1.807, 2.05) is 17.5 Å². The number of thioether (sulfide) groups is 1. The number of carbonyl (C=O) groups excluding carboxylic acids is 2. The third-order valence-corrected chi connectivity index (χ3v) is 5.78. The second-order valence-corrected chi connectivity index (χ2v) is 7.14. The fourth-order valence-electron chi connectivity index (χ4n) is 2.62. The Morgan fingerprint density at radius 2 is 2.35 bits per heavy atom. The first kappa shape index (κ1) is 16.0. The second-order valence-electron chi connectivity index (χ2n) is 5.00. The number of carboxylic acids is 1. The molecule has 1 aromatic rings. The van der Waals surface area contributed by atoms with Crippen LogP contribution in [0.4, 0.5) is 0 Å². The number of carbonyl (C=O) groups is 3. The molecule has 0 spiro atoms. The summed E-state index contributed by atoms with van der Waals surface area (Å²) in [6, 6.07) is 3.68. The SMILES string of the molecule is COC1(NC(=O)Cc2cccs2)C(=O)N2C(C(=O)O)=CCS[C@@H]21. The van der Waals surface area contributed by atoms with Crippen molar-refractivity contribution in [2.24, 2.45) is 0 Å². The summed E-state index contributed by atoms with van der Waals surface area (Å²) in [7, 11) is 1.33. The number of ether oxygens (including phenoxy) is 1. The minimum absolute atomic E-state index is 0.0704. The molecule has 2 aliphatic heterocycles. The van der Waals surface area contributed by atoms with E-state index in [1.165, 1.54) is 36.3 Å². The Labute approximate surface area is 140 Å². The summed E-state index contributed by atoms with van der Waals surface area (Å²) in [6.07, 6.45) is 1.63. The number of hydrogen-bond donors (Lipinski definition) is 2. The van der Waals surface area contributed by atoms with Gasteiger partial charge in [0.15, 0.2) is 0 Å². The average Bonchev–Trinajstić information content (AvgIpc) is 3.04. The zero-order valence-corrected chi connectivity index (χ0v) is 13.8. The number of nitrogens with one attached hydrogen (secondary N) is 1. The van der Waals surface area contributed by atoms with Crippen molar-refractivity contribution in [3.05, 3.63) is 34.2 Å². The largest absolute Gasteiger partial charge is 0.477 e. The van der Waals surface area contributed by atoms with Gasteiger partial charge >= 0.3 is 5.97 Å². The van der Waals surface area contributed by atoms with Crippen molar-refractivity contribution in [3.8, 4) is 0 Å². The van der Waals surface area contributed by atoms with Gasteiger partial charge in [0.1, 0.15) is 11.1 Å². The molecule has 1 fully saturated rings. The first-order valence-electron chi connectivity index (χ1n) is 6.77. The Balaban J connectivity index is 1.77. The number of hydrogen-bond acceptors (Lipinski definition) is 6. The zero-order valence-electron chi connectivity index (χ0n) is 12.1. The predicted molar refractivity (Wildman–Crippen MR) is 84.7 cm³/mol. The topological polar surface area (TPSA) is 95.9 Å². The molecule has 0 radical (unpaired) electrons. The molecule has 0 bridgehead atoms. The molecule has 3 rings (SSSR count). The molecule has 122 valence electrons. The average molecular weight is 354 g/mol. The number of thiophene rings is 1. The van der Waals surface area contributed by atoms with Gasteiger partial charge in [0, 0.05) is 17.7 Å². The fourth-order valence-corrected chi connectivity index (χ4v) is 4.61. The van der Waals surface area contributed by atoms with Crippen LogP contribution in [-0.4, -0.2) is 51.8 Å². The Morgan fingerprint density at radius 1 is 1.57 bits per heavy atom. The smallest absolute Gasteiger partial charge is 0.352 e. The van der Waals surface area contributed by atoms with Crippen LogP contribution in [0.15, 0.2) is 29.3 Å². The molecule has 2 amide bonds. The van der Waals surface area contributed by atoms with Gasteiger partial charge in [0.2, 0.25) is 5.91 Å². The van der Waals surface area contributed by atoms with Crippen molar-refractivity contribution in [1.82, 2.24) is 10.2 Å². The number of carboxylic acid groups (broad SMARTS) is 1. The summed E-state index contributed by atoms with van der Waals surface area (Å²) in [5.41, 5.74) is -1.58. The molecule has 1 unspecified atom stereocenters. The number of methoxy groups -OCH3 is 1. The van der Waals surface area contributed by atoms with Gasteiger partial charge in [-0.1, -0.05) is 6.07 Å². The molecule has 2 aliphatic rings. The van der Waals surface area contributed by atoms with E-state index in [1.54, 1.807) is 0 Å². The Kier molecular flexibility index (Phi) is 4.17. The molecule has 23 heavy (non-hydrogen) atoms. The van der Waals surface area contributed by atoms with E-state index in [9.17, 15) is 19.5 Å². The van der Waals surface area contributed by atoms with Gasteiger partial charge in [-0.3, -0.25) is 14.5 Å². The van der Waals surface area contributed by atoms with Crippen LogP contribution in [0.1, 0.15) is 4.88 Å². The van der Waals surface area contributed by atoms with Gasteiger partial charge in [-0.05, 0) is 17.5 Å². The molecule has 3 heterocycles. The summed E-state index contributed by atoms with van der Waals surface area (Å²) >= 11 is 2.80. The predicted octanol–water partition coefficient (Wildman–Crippen LogP) is 0.633. The van der Waals surface area contributed by atoms with Crippen LogP contribution in [0.2, 0.25) is 0 Å². The van der Waals surface area contributed by atoms with E-state index >= 15 is 0 Å². The second kappa shape index (κ2) is 5.99. The first-order chi connectivity index (χ1) is 11.0. The molecule has 2 atom stereocenters. The van der Waals surface area contributed by atoms with E-state index in [4.69, 9.17) is 4.74 Å². The summed E-state index contributed by atoms with van der Waals surface area (Å²) in [5.74, 6) is -1.64. The summed E-state index contributed by atoms with van der Waals surface area (Å²) < 4.78 is 5.31. The maximum atomic E-state index is 12.5. The lowest BCUT2D eigenvalue weighted by Gasteiger charge is -2.55. The first-order valence-corrected chi connectivity index (χ1v) is 8.69. The summed E-state index contributed by atoms with van der Waals surface area (Å²) in [4.78, 5) is 37.9. The highest BCUT2D eigenvalue weighted by Crippen LogP contribution is 2.44. The van der Waals surface area contributed by atoms with Crippen molar-refractivity contribution in [1.29, 1.82) is 0 Å². The highest BCUT2D eigenvalue weighted by atomic mass is 32.2. The van der Waals surface area contributed by atoms with Crippen molar-refractivity contribution in [3.63, 3.8) is 0 Å². The van der Waals surface area contributed by atoms with Crippen LogP contribution in [0.3, 0.4) is 0 Å². The van der Waals surface area contributed by atoms with Crippen LogP contribution in [0, 0.1) is 0 Å². The Bertz CT molecular complexity index is 687. The molecule has 7 nitrogen and oxygen atoms in total. The highest BCUT2D eigenvalue weighted by molar-refractivity contribution is 8.00. The summed E-state index contributed by atoms with van der Waals surface area (Å²) in [5, 5.41) is 13.1. The molecule has 9 heteroatoms. The molecule has 2 N–H and O–H groups in total. The third-order valence-electron chi connectivity index (χ3n) is 3.69. The number of aliphatic carboxylic acids is 1. The van der Waals surface area contributed by atoms with Gasteiger partial charge < -0.3 is 15.2 Å². The molecular weight excluding hydrogens is 340 g/mol. The number of amides is 2. The lowest BCUT2D eigenvalue weighted by molar-refractivity contribution is -0.192. The minimum Gasteiger partial charge on any atom is -0.477 e. The molecule has 0 aromatic carbocycles. The van der Waals surface area contributed by atoms with E-state index in [-0.39, 0.29) is 18.0 Å². The van der Waals surface area contributed by atoms with E-state index < -0.39 is 23.0 Å².